The molecule has 1 atom stereocenters. The molecule has 0 spiro atoms. The summed E-state index contributed by atoms with van der Waals surface area (Å²) in [6.45, 7) is 3.51. The first-order valence-electron chi connectivity index (χ1n) is 5.39. The largest absolute Gasteiger partial charge is 0.379 e. The quantitative estimate of drug-likeness (QED) is 0.789. The van der Waals surface area contributed by atoms with Crippen LogP contribution < -0.4 is 5.32 Å². The minimum Gasteiger partial charge on any atom is -0.379 e. The van der Waals surface area contributed by atoms with Gasteiger partial charge in [0.1, 0.15) is 0 Å². The van der Waals surface area contributed by atoms with Crippen LogP contribution in [0.5, 0.6) is 0 Å². The van der Waals surface area contributed by atoms with Crippen molar-refractivity contribution >= 4 is 23.2 Å². The van der Waals surface area contributed by atoms with Crippen LogP contribution in [0.3, 0.4) is 0 Å². The van der Waals surface area contributed by atoms with Crippen LogP contribution in [0, 0.1) is 0 Å². The Morgan fingerprint density at radius 2 is 2.06 bits per heavy atom. The number of benzene rings is 1. The molecule has 1 N–H and O–H groups in total. The van der Waals surface area contributed by atoms with E-state index in [1.165, 1.54) is 0 Å². The van der Waals surface area contributed by atoms with Crippen molar-refractivity contribution in [3.8, 4) is 0 Å². The molecule has 0 bridgehead atoms. The van der Waals surface area contributed by atoms with E-state index in [0.29, 0.717) is 16.7 Å². The molecule has 0 aliphatic rings. The van der Waals surface area contributed by atoms with E-state index in [1.54, 1.807) is 0 Å². The van der Waals surface area contributed by atoms with Crippen molar-refractivity contribution in [2.24, 2.45) is 0 Å². The molecule has 0 amide bonds. The van der Waals surface area contributed by atoms with Crippen molar-refractivity contribution in [2.45, 2.75) is 19.4 Å². The van der Waals surface area contributed by atoms with E-state index in [4.69, 9.17) is 27.9 Å². The van der Waals surface area contributed by atoms with Crippen LogP contribution in [0.25, 0.3) is 0 Å². The summed E-state index contributed by atoms with van der Waals surface area (Å²) in [6, 6.07) is 5.80. The fourth-order valence-corrected chi connectivity index (χ4v) is 1.73. The Bertz CT molecular complexity index is 331. The number of rotatable bonds is 6. The first-order chi connectivity index (χ1) is 7.69. The molecule has 0 fully saturated rings. The van der Waals surface area contributed by atoms with Crippen LogP contribution in [0.1, 0.15) is 24.9 Å². The molecule has 1 aromatic carbocycles. The van der Waals surface area contributed by atoms with Gasteiger partial charge in [-0.25, -0.2) is 0 Å². The summed E-state index contributed by atoms with van der Waals surface area (Å²) in [5.41, 5.74) is 1.09. The van der Waals surface area contributed by atoms with Gasteiger partial charge in [0.15, 0.2) is 0 Å². The Hall–Kier alpha value is -0.280. The van der Waals surface area contributed by atoms with E-state index >= 15 is 0 Å². The molecular weight excluding hydrogens is 245 g/mol. The fraction of sp³-hybridized carbons (Fsp3) is 0.500. The minimum absolute atomic E-state index is 0.154. The van der Waals surface area contributed by atoms with E-state index < -0.39 is 0 Å². The second-order valence-electron chi connectivity index (χ2n) is 3.59. The average molecular weight is 262 g/mol. The smallest absolute Gasteiger partial charge is 0.0661 e. The summed E-state index contributed by atoms with van der Waals surface area (Å²) in [7, 11) is 1.91. The molecule has 0 aliphatic heterocycles. The summed E-state index contributed by atoms with van der Waals surface area (Å²) in [6.07, 6.45) is 1.03. The highest BCUT2D eigenvalue weighted by Crippen LogP contribution is 2.25. The zero-order valence-corrected chi connectivity index (χ0v) is 11.1. The Labute approximate surface area is 107 Å². The van der Waals surface area contributed by atoms with Crippen LogP contribution >= 0.6 is 23.2 Å². The van der Waals surface area contributed by atoms with Gasteiger partial charge in [-0.3, -0.25) is 0 Å². The van der Waals surface area contributed by atoms with Crippen molar-refractivity contribution in [1.82, 2.24) is 5.32 Å². The van der Waals surface area contributed by atoms with Crippen molar-refractivity contribution in [1.29, 1.82) is 0 Å². The van der Waals surface area contributed by atoms with Crippen molar-refractivity contribution in [2.75, 3.05) is 20.3 Å². The SMILES string of the molecule is CCCOCC(NC)c1ccc(Cl)c(Cl)c1. The summed E-state index contributed by atoms with van der Waals surface area (Å²) < 4.78 is 5.52. The molecule has 1 aromatic rings. The number of ether oxygens (including phenoxy) is 1. The van der Waals surface area contributed by atoms with E-state index in [0.717, 1.165) is 18.6 Å². The van der Waals surface area contributed by atoms with Crippen LogP contribution in [-0.4, -0.2) is 20.3 Å². The maximum Gasteiger partial charge on any atom is 0.0661 e. The van der Waals surface area contributed by atoms with E-state index in [9.17, 15) is 0 Å². The normalized spacial score (nSPS) is 12.8. The molecule has 4 heteroatoms. The molecule has 0 saturated carbocycles. The third-order valence-electron chi connectivity index (χ3n) is 2.33. The van der Waals surface area contributed by atoms with Gasteiger partial charge in [0.2, 0.25) is 0 Å². The second kappa shape index (κ2) is 7.13. The van der Waals surface area contributed by atoms with Gasteiger partial charge in [-0.05, 0) is 31.2 Å². The Morgan fingerprint density at radius 1 is 1.31 bits per heavy atom. The summed E-state index contributed by atoms with van der Waals surface area (Å²) >= 11 is 11.8. The zero-order chi connectivity index (χ0) is 12.0. The first kappa shape index (κ1) is 13.8. The van der Waals surface area contributed by atoms with Crippen LogP contribution in [-0.2, 0) is 4.74 Å². The lowest BCUT2D eigenvalue weighted by Gasteiger charge is -2.17. The molecule has 0 aliphatic carbocycles. The summed E-state index contributed by atoms with van der Waals surface area (Å²) in [5, 5.41) is 4.35. The Balaban J connectivity index is 2.67. The first-order valence-corrected chi connectivity index (χ1v) is 6.14. The van der Waals surface area contributed by atoms with Gasteiger partial charge in [0.25, 0.3) is 0 Å². The topological polar surface area (TPSA) is 21.3 Å². The summed E-state index contributed by atoms with van der Waals surface area (Å²) in [4.78, 5) is 0. The van der Waals surface area contributed by atoms with Crippen molar-refractivity contribution in [3.05, 3.63) is 33.8 Å². The molecule has 0 heterocycles. The average Bonchev–Trinajstić information content (AvgIpc) is 2.29. The predicted molar refractivity (Wildman–Crippen MR) is 69.4 cm³/mol. The lowest BCUT2D eigenvalue weighted by Crippen LogP contribution is -2.22. The Kier molecular flexibility index (Phi) is 6.14. The van der Waals surface area contributed by atoms with E-state index in [1.807, 2.05) is 25.2 Å². The lowest BCUT2D eigenvalue weighted by molar-refractivity contribution is 0.114. The minimum atomic E-state index is 0.154. The molecule has 90 valence electrons. The highest BCUT2D eigenvalue weighted by atomic mass is 35.5. The third-order valence-corrected chi connectivity index (χ3v) is 3.07. The monoisotopic (exact) mass is 261 g/mol. The van der Waals surface area contributed by atoms with Crippen LogP contribution in [0.2, 0.25) is 10.0 Å². The molecule has 1 rings (SSSR count). The van der Waals surface area contributed by atoms with Gasteiger partial charge >= 0.3 is 0 Å². The lowest BCUT2D eigenvalue weighted by atomic mass is 10.1. The van der Waals surface area contributed by atoms with Crippen LogP contribution in [0.15, 0.2) is 18.2 Å². The maximum absolute atomic E-state index is 5.98. The molecular formula is C12H17Cl2NO. The van der Waals surface area contributed by atoms with E-state index in [2.05, 4.69) is 12.2 Å². The number of likely N-dealkylation sites (N-methyl/N-ethyl adjacent to an activating group) is 1. The maximum atomic E-state index is 5.98. The fourth-order valence-electron chi connectivity index (χ4n) is 1.42. The highest BCUT2D eigenvalue weighted by Gasteiger charge is 2.10. The van der Waals surface area contributed by atoms with Gasteiger partial charge in [-0.15, -0.1) is 0 Å². The zero-order valence-electron chi connectivity index (χ0n) is 9.59. The van der Waals surface area contributed by atoms with E-state index in [-0.39, 0.29) is 6.04 Å². The van der Waals surface area contributed by atoms with Crippen LogP contribution in [0.4, 0.5) is 0 Å². The molecule has 1 unspecified atom stereocenters. The van der Waals surface area contributed by atoms with Gasteiger partial charge < -0.3 is 10.1 Å². The number of nitrogens with one attached hydrogen (secondary N) is 1. The number of hydrogen-bond acceptors (Lipinski definition) is 2. The molecule has 0 radical (unpaired) electrons. The van der Waals surface area contributed by atoms with Crippen molar-refractivity contribution in [3.63, 3.8) is 0 Å². The highest BCUT2D eigenvalue weighted by molar-refractivity contribution is 6.42. The molecule has 0 aromatic heterocycles. The standard InChI is InChI=1S/C12H17Cl2NO/c1-3-6-16-8-12(15-2)9-4-5-10(13)11(14)7-9/h4-5,7,12,15H,3,6,8H2,1-2H3. The summed E-state index contributed by atoms with van der Waals surface area (Å²) in [5.74, 6) is 0. The third kappa shape index (κ3) is 3.95. The molecule has 0 saturated heterocycles. The second-order valence-corrected chi connectivity index (χ2v) is 4.40. The van der Waals surface area contributed by atoms with Gasteiger partial charge in [0.05, 0.1) is 22.7 Å². The number of halogens is 2. The predicted octanol–water partition coefficient (Wildman–Crippen LogP) is 3.68. The van der Waals surface area contributed by atoms with Gasteiger partial charge in [0, 0.05) is 6.61 Å². The Morgan fingerprint density at radius 3 is 2.62 bits per heavy atom. The van der Waals surface area contributed by atoms with Gasteiger partial charge in [-0.1, -0.05) is 36.2 Å². The molecule has 16 heavy (non-hydrogen) atoms. The number of hydrogen-bond donors (Lipinski definition) is 1. The molecule has 2 nitrogen and oxygen atoms in total. The van der Waals surface area contributed by atoms with Crippen molar-refractivity contribution < 1.29 is 4.74 Å². The van der Waals surface area contributed by atoms with Gasteiger partial charge in [-0.2, -0.15) is 0 Å².